The number of hydrogen-bond donors (Lipinski definition) is 7. The van der Waals surface area contributed by atoms with Gasteiger partial charge in [-0.15, -0.1) is 0 Å². The van der Waals surface area contributed by atoms with E-state index >= 15 is 0 Å². The number of carbonyl (C=O) groups excluding carboxylic acids is 2. The van der Waals surface area contributed by atoms with Crippen molar-refractivity contribution in [2.75, 3.05) is 20.8 Å². The largest absolute Gasteiger partial charge is 0.507 e. The number of nitrogens with one attached hydrogen (secondary N) is 1. The number of ketones is 2. The molecule has 0 amide bonds. The highest BCUT2D eigenvalue weighted by Crippen LogP contribution is 2.44. The van der Waals surface area contributed by atoms with Crippen LogP contribution in [0.25, 0.3) is 0 Å². The molecular formula is C27H33N3O10. The number of nitrogens with zero attached hydrogens (tertiary/aromatic N) is 1. The number of fused-ring (bicyclic) bond motifs is 2. The molecule has 1 fully saturated rings. The van der Waals surface area contributed by atoms with Crippen molar-refractivity contribution in [3.05, 3.63) is 51.1 Å². The van der Waals surface area contributed by atoms with Gasteiger partial charge in [-0.25, -0.2) is 0 Å². The van der Waals surface area contributed by atoms with Crippen LogP contribution in [0.5, 0.6) is 17.2 Å². The molecule has 0 bridgehead atoms. The molecule has 0 spiro atoms. The number of aliphatic hydroxyl groups is 4. The Morgan fingerprint density at radius 1 is 1.05 bits per heavy atom. The number of aryl methyl sites for hydroxylation is 1. The van der Waals surface area contributed by atoms with Crippen LogP contribution in [-0.2, 0) is 17.7 Å². The van der Waals surface area contributed by atoms with Crippen molar-refractivity contribution in [3.8, 4) is 17.2 Å². The van der Waals surface area contributed by atoms with E-state index < -0.39 is 54.6 Å². The SMILES string of the molecule is CCc1c(OC)cc(O[C@H]2O[C@H](CO)[C@@H](O)[C@H](O)[C@H]2O)c2c1C(=O)c1cc(C)c(CNC(N)=NC)c(O)c1C2=O. The quantitative estimate of drug-likeness (QED) is 0.141. The first kappa shape index (κ1) is 29.2. The molecule has 2 aliphatic rings. The number of hydrogen-bond acceptors (Lipinski definition) is 11. The molecule has 8 N–H and O–H groups in total. The van der Waals surface area contributed by atoms with Crippen molar-refractivity contribution >= 4 is 17.5 Å². The molecular weight excluding hydrogens is 526 g/mol. The highest BCUT2D eigenvalue weighted by atomic mass is 16.7. The van der Waals surface area contributed by atoms with Gasteiger partial charge in [0.15, 0.2) is 11.7 Å². The molecule has 1 saturated heterocycles. The standard InChI is InChI=1S/C27H33N3O10/c1-5-11-14(38-4)7-15(39-26-25(37)24(36)22(34)16(9-31)40-26)19-17(11)20(32)12-6-10(2)13(8-30-27(28)29-3)21(33)18(12)23(19)35/h6-7,16,22,24-26,31,33-34,36-37H,5,8-9H2,1-4H3,(H3,28,29,30)/t16-,22-,24+,25-,26+/m1/s1. The van der Waals surface area contributed by atoms with Gasteiger partial charge >= 0.3 is 0 Å². The maximum absolute atomic E-state index is 14.0. The van der Waals surface area contributed by atoms with Gasteiger partial charge in [-0.3, -0.25) is 14.6 Å². The number of phenolic OH excluding ortho intramolecular Hbond substituents is 1. The van der Waals surface area contributed by atoms with Crippen LogP contribution in [0.1, 0.15) is 55.5 Å². The van der Waals surface area contributed by atoms with Crippen molar-refractivity contribution in [1.82, 2.24) is 5.32 Å². The molecule has 0 saturated carbocycles. The smallest absolute Gasteiger partial charge is 0.229 e. The number of benzene rings is 2. The van der Waals surface area contributed by atoms with Gasteiger partial charge in [-0.1, -0.05) is 6.92 Å². The monoisotopic (exact) mass is 559 g/mol. The number of carbonyl (C=O) groups is 2. The maximum atomic E-state index is 14.0. The predicted molar refractivity (Wildman–Crippen MR) is 141 cm³/mol. The second-order valence-electron chi connectivity index (χ2n) is 9.54. The number of rotatable bonds is 7. The Hall–Kier alpha value is -3.75. The molecule has 0 aromatic heterocycles. The first-order valence-corrected chi connectivity index (χ1v) is 12.6. The topological polar surface area (TPSA) is 213 Å². The normalized spacial score (nSPS) is 24.4. The molecule has 4 rings (SSSR count). The summed E-state index contributed by atoms with van der Waals surface area (Å²) in [6.07, 6.45) is -7.73. The predicted octanol–water partition coefficient (Wildman–Crippen LogP) is -0.740. The molecule has 13 nitrogen and oxygen atoms in total. The molecule has 216 valence electrons. The zero-order chi connectivity index (χ0) is 29.5. The van der Waals surface area contributed by atoms with Crippen molar-refractivity contribution in [3.63, 3.8) is 0 Å². The number of guanidine groups is 1. The molecule has 2 aromatic carbocycles. The van der Waals surface area contributed by atoms with E-state index in [4.69, 9.17) is 19.9 Å². The molecule has 0 unspecified atom stereocenters. The number of methoxy groups -OCH3 is 1. The molecule has 2 aromatic rings. The third-order valence-electron chi connectivity index (χ3n) is 7.26. The Morgan fingerprint density at radius 3 is 2.35 bits per heavy atom. The van der Waals surface area contributed by atoms with Gasteiger partial charge in [-0.2, -0.15) is 0 Å². The fraction of sp³-hybridized carbons (Fsp3) is 0.444. The lowest BCUT2D eigenvalue weighted by molar-refractivity contribution is -0.277. The summed E-state index contributed by atoms with van der Waals surface area (Å²) in [5.41, 5.74) is 6.58. The Bertz CT molecular complexity index is 1370. The molecule has 40 heavy (non-hydrogen) atoms. The van der Waals surface area contributed by atoms with E-state index in [-0.39, 0.29) is 46.3 Å². The lowest BCUT2D eigenvalue weighted by atomic mass is 9.78. The zero-order valence-electron chi connectivity index (χ0n) is 22.5. The highest BCUT2D eigenvalue weighted by Gasteiger charge is 2.46. The van der Waals surface area contributed by atoms with Crippen molar-refractivity contribution in [2.45, 2.75) is 57.5 Å². The summed E-state index contributed by atoms with van der Waals surface area (Å²) in [6.45, 7) is 2.80. The number of ether oxygens (including phenoxy) is 3. The van der Waals surface area contributed by atoms with Crippen LogP contribution in [0, 0.1) is 6.92 Å². The average molecular weight is 560 g/mol. The molecule has 1 aliphatic heterocycles. The van der Waals surface area contributed by atoms with E-state index in [0.717, 1.165) is 0 Å². The summed E-state index contributed by atoms with van der Waals surface area (Å²) in [5, 5.41) is 54.5. The zero-order valence-corrected chi connectivity index (χ0v) is 22.5. The third-order valence-corrected chi connectivity index (χ3v) is 7.26. The molecule has 1 heterocycles. The summed E-state index contributed by atoms with van der Waals surface area (Å²) in [7, 11) is 2.86. The van der Waals surface area contributed by atoms with Crippen LogP contribution >= 0.6 is 0 Å². The van der Waals surface area contributed by atoms with Crippen LogP contribution in [-0.4, -0.2) is 94.5 Å². The summed E-state index contributed by atoms with van der Waals surface area (Å²) in [4.78, 5) is 31.8. The maximum Gasteiger partial charge on any atom is 0.229 e. The number of aliphatic imine (C=N–C) groups is 1. The fourth-order valence-electron chi connectivity index (χ4n) is 5.06. The highest BCUT2D eigenvalue weighted by molar-refractivity contribution is 6.31. The number of phenols is 1. The van der Waals surface area contributed by atoms with Gasteiger partial charge in [0.2, 0.25) is 12.1 Å². The lowest BCUT2D eigenvalue weighted by Gasteiger charge is -2.40. The van der Waals surface area contributed by atoms with Gasteiger partial charge < -0.3 is 50.8 Å². The Labute approximate surface area is 229 Å². The third kappa shape index (κ3) is 4.75. The van der Waals surface area contributed by atoms with Gasteiger partial charge in [0.1, 0.15) is 41.7 Å². The van der Waals surface area contributed by atoms with Gasteiger partial charge in [0.05, 0.1) is 24.8 Å². The van der Waals surface area contributed by atoms with E-state index in [2.05, 4.69) is 10.3 Å². The summed E-state index contributed by atoms with van der Waals surface area (Å²) in [6, 6.07) is 2.87. The Morgan fingerprint density at radius 2 is 1.75 bits per heavy atom. The van der Waals surface area contributed by atoms with E-state index in [1.54, 1.807) is 13.8 Å². The minimum Gasteiger partial charge on any atom is -0.507 e. The first-order chi connectivity index (χ1) is 19.0. The van der Waals surface area contributed by atoms with Gasteiger partial charge in [0, 0.05) is 41.9 Å². The fourth-order valence-corrected chi connectivity index (χ4v) is 5.06. The summed E-state index contributed by atoms with van der Waals surface area (Å²) < 4.78 is 16.8. The van der Waals surface area contributed by atoms with Gasteiger partial charge in [0.25, 0.3) is 0 Å². The van der Waals surface area contributed by atoms with E-state index in [0.29, 0.717) is 23.1 Å². The van der Waals surface area contributed by atoms with Crippen LogP contribution < -0.4 is 20.5 Å². The van der Waals surface area contributed by atoms with Crippen LogP contribution in [0.3, 0.4) is 0 Å². The number of aliphatic hydroxyl groups excluding tert-OH is 4. The summed E-state index contributed by atoms with van der Waals surface area (Å²) >= 11 is 0. The molecule has 0 radical (unpaired) electrons. The Kier molecular flexibility index (Phi) is 8.33. The number of aromatic hydroxyl groups is 1. The van der Waals surface area contributed by atoms with Gasteiger partial charge in [-0.05, 0) is 25.0 Å². The van der Waals surface area contributed by atoms with Crippen molar-refractivity contribution < 1.29 is 49.3 Å². The van der Waals surface area contributed by atoms with Crippen LogP contribution in [0.4, 0.5) is 0 Å². The minimum atomic E-state index is -1.77. The molecule has 13 heteroatoms. The van der Waals surface area contributed by atoms with E-state index in [1.165, 1.54) is 26.3 Å². The van der Waals surface area contributed by atoms with Crippen LogP contribution in [0.2, 0.25) is 0 Å². The lowest BCUT2D eigenvalue weighted by Crippen LogP contribution is -2.60. The Balaban J connectivity index is 1.88. The van der Waals surface area contributed by atoms with Crippen molar-refractivity contribution in [1.29, 1.82) is 0 Å². The second-order valence-corrected chi connectivity index (χ2v) is 9.54. The second kappa shape index (κ2) is 11.4. The van der Waals surface area contributed by atoms with E-state index in [1.807, 2.05) is 0 Å². The molecule has 5 atom stereocenters. The molecule has 1 aliphatic carbocycles. The van der Waals surface area contributed by atoms with Crippen LogP contribution in [0.15, 0.2) is 17.1 Å². The summed E-state index contributed by atoms with van der Waals surface area (Å²) in [5.74, 6) is -1.58. The first-order valence-electron chi connectivity index (χ1n) is 12.6. The average Bonchev–Trinajstić information content (AvgIpc) is 2.94. The van der Waals surface area contributed by atoms with Crippen molar-refractivity contribution in [2.24, 2.45) is 10.7 Å². The van der Waals surface area contributed by atoms with E-state index in [9.17, 15) is 35.1 Å². The number of nitrogens with two attached hydrogens (primary N) is 1. The minimum absolute atomic E-state index is 0.00452.